The van der Waals surface area contributed by atoms with Gasteiger partial charge in [0.25, 0.3) is 0 Å². The fourth-order valence-corrected chi connectivity index (χ4v) is 2.01. The largest absolute Gasteiger partial charge is 0.460 e. The Kier molecular flexibility index (Phi) is 5.28. The van der Waals surface area contributed by atoms with Gasteiger partial charge in [-0.2, -0.15) is 13.2 Å². The monoisotopic (exact) mass is 359 g/mol. The third-order valence-corrected chi connectivity index (χ3v) is 2.93. The molecule has 0 saturated heterocycles. The van der Waals surface area contributed by atoms with Crippen molar-refractivity contribution in [2.24, 2.45) is 0 Å². The summed E-state index contributed by atoms with van der Waals surface area (Å²) < 4.78 is 44.5. The predicted molar refractivity (Wildman–Crippen MR) is 82.0 cm³/mol. The van der Waals surface area contributed by atoms with E-state index in [1.807, 2.05) is 0 Å². The zero-order valence-electron chi connectivity index (χ0n) is 12.7. The van der Waals surface area contributed by atoms with Crippen molar-refractivity contribution in [1.82, 2.24) is 14.8 Å². The highest BCUT2D eigenvalue weighted by Gasteiger charge is 2.31. The Labute approximate surface area is 140 Å². The van der Waals surface area contributed by atoms with Gasteiger partial charge in [0, 0.05) is 22.9 Å². The van der Waals surface area contributed by atoms with E-state index in [0.29, 0.717) is 0 Å². The van der Waals surface area contributed by atoms with Crippen molar-refractivity contribution in [3.8, 4) is 11.4 Å². The maximum absolute atomic E-state index is 12.8. The number of benzene rings is 1. The molecule has 0 fully saturated rings. The van der Waals surface area contributed by atoms with Crippen LogP contribution >= 0.6 is 11.6 Å². The number of rotatable bonds is 4. The van der Waals surface area contributed by atoms with Gasteiger partial charge in [-0.25, -0.2) is 14.5 Å². The maximum atomic E-state index is 12.8. The molecule has 2 aromatic rings. The Morgan fingerprint density at radius 1 is 1.33 bits per heavy atom. The van der Waals surface area contributed by atoms with Gasteiger partial charge in [0.15, 0.2) is 5.82 Å². The van der Waals surface area contributed by atoms with Gasteiger partial charge >= 0.3 is 12.1 Å². The van der Waals surface area contributed by atoms with Crippen LogP contribution in [0.5, 0.6) is 0 Å². The van der Waals surface area contributed by atoms with E-state index in [0.717, 1.165) is 18.2 Å². The molecule has 0 bridgehead atoms. The van der Waals surface area contributed by atoms with Gasteiger partial charge in [0.1, 0.15) is 6.33 Å². The van der Waals surface area contributed by atoms with Gasteiger partial charge in [-0.3, -0.25) is 0 Å². The smallest absolute Gasteiger partial charge is 0.416 e. The summed E-state index contributed by atoms with van der Waals surface area (Å²) in [5.74, 6) is -0.519. The van der Waals surface area contributed by atoms with E-state index in [1.165, 1.54) is 23.3 Å². The fourth-order valence-electron chi connectivity index (χ4n) is 1.77. The SMILES string of the molecule is CC(C)OC(=O)/C=C\n1cnc(-c2cc(Cl)cc(C(F)(F)F)c2)n1. The topological polar surface area (TPSA) is 57.0 Å². The molecular formula is C15H13ClF3N3O2. The highest BCUT2D eigenvalue weighted by molar-refractivity contribution is 6.30. The lowest BCUT2D eigenvalue weighted by Crippen LogP contribution is -2.08. The number of carbonyl (C=O) groups is 1. The van der Waals surface area contributed by atoms with Crippen LogP contribution in [0.1, 0.15) is 19.4 Å². The van der Waals surface area contributed by atoms with Crippen LogP contribution in [0.15, 0.2) is 30.6 Å². The number of nitrogens with zero attached hydrogens (tertiary/aromatic N) is 3. The van der Waals surface area contributed by atoms with E-state index in [4.69, 9.17) is 16.3 Å². The van der Waals surface area contributed by atoms with Gasteiger partial charge in [-0.05, 0) is 32.0 Å². The van der Waals surface area contributed by atoms with Crippen LogP contribution in [0.25, 0.3) is 17.6 Å². The average molecular weight is 360 g/mol. The van der Waals surface area contributed by atoms with Crippen LogP contribution in [-0.4, -0.2) is 26.8 Å². The number of hydrogen-bond donors (Lipinski definition) is 0. The first kappa shape index (κ1) is 18.0. The molecule has 0 spiro atoms. The van der Waals surface area contributed by atoms with Crippen molar-refractivity contribution in [1.29, 1.82) is 0 Å². The van der Waals surface area contributed by atoms with Crippen LogP contribution in [0.4, 0.5) is 13.2 Å². The van der Waals surface area contributed by atoms with Gasteiger partial charge in [0.2, 0.25) is 0 Å². The minimum atomic E-state index is -4.53. The summed E-state index contributed by atoms with van der Waals surface area (Å²) in [7, 11) is 0. The molecule has 0 N–H and O–H groups in total. The second-order valence-electron chi connectivity index (χ2n) is 5.08. The van der Waals surface area contributed by atoms with E-state index in [-0.39, 0.29) is 22.5 Å². The molecule has 0 amide bonds. The third kappa shape index (κ3) is 4.82. The van der Waals surface area contributed by atoms with Gasteiger partial charge in [0.05, 0.1) is 11.7 Å². The second-order valence-corrected chi connectivity index (χ2v) is 5.51. The second kappa shape index (κ2) is 7.04. The summed E-state index contributed by atoms with van der Waals surface area (Å²) >= 11 is 5.73. The van der Waals surface area contributed by atoms with Crippen molar-refractivity contribution in [3.05, 3.63) is 41.2 Å². The van der Waals surface area contributed by atoms with E-state index in [9.17, 15) is 18.0 Å². The molecule has 1 heterocycles. The zero-order chi connectivity index (χ0) is 17.9. The van der Waals surface area contributed by atoms with Crippen LogP contribution < -0.4 is 0 Å². The Morgan fingerprint density at radius 2 is 2.04 bits per heavy atom. The lowest BCUT2D eigenvalue weighted by molar-refractivity contribution is -0.141. The summed E-state index contributed by atoms with van der Waals surface area (Å²) in [4.78, 5) is 15.3. The zero-order valence-corrected chi connectivity index (χ0v) is 13.5. The molecule has 0 saturated carbocycles. The maximum Gasteiger partial charge on any atom is 0.416 e. The first-order valence-electron chi connectivity index (χ1n) is 6.83. The molecule has 0 radical (unpaired) electrons. The van der Waals surface area contributed by atoms with Crippen molar-refractivity contribution in [2.75, 3.05) is 0 Å². The number of ether oxygens (including phenoxy) is 1. The van der Waals surface area contributed by atoms with Gasteiger partial charge in [-0.1, -0.05) is 11.6 Å². The third-order valence-electron chi connectivity index (χ3n) is 2.71. The summed E-state index contributed by atoms with van der Waals surface area (Å²) in [5, 5.41) is 3.90. The van der Waals surface area contributed by atoms with Crippen LogP contribution in [0, 0.1) is 0 Å². The minimum absolute atomic E-state index is 0.0462. The predicted octanol–water partition coefficient (Wildman–Crippen LogP) is 4.04. The van der Waals surface area contributed by atoms with Crippen LogP contribution in [-0.2, 0) is 15.7 Å². The Balaban J connectivity index is 2.23. The summed E-state index contributed by atoms with van der Waals surface area (Å²) in [6.07, 6.45) is -1.11. The standard InChI is InChI=1S/C15H13ClF3N3O2/c1-9(2)24-13(23)3-4-22-8-20-14(21-22)10-5-11(15(17,18)19)7-12(16)6-10/h3-9H,1-2H3/b4-3-. The van der Waals surface area contributed by atoms with Crippen molar-refractivity contribution < 1.29 is 22.7 Å². The highest BCUT2D eigenvalue weighted by atomic mass is 35.5. The number of alkyl halides is 3. The summed E-state index contributed by atoms with van der Waals surface area (Å²) in [6.45, 7) is 3.41. The molecule has 24 heavy (non-hydrogen) atoms. The molecule has 0 unspecified atom stereocenters. The van der Waals surface area contributed by atoms with E-state index >= 15 is 0 Å². The quantitative estimate of drug-likeness (QED) is 0.610. The molecule has 0 aliphatic rings. The fraction of sp³-hybridized carbons (Fsp3) is 0.267. The Hall–Kier alpha value is -2.35. The summed E-state index contributed by atoms with van der Waals surface area (Å²) in [5.41, 5.74) is -0.774. The minimum Gasteiger partial charge on any atom is -0.460 e. The van der Waals surface area contributed by atoms with Gasteiger partial charge < -0.3 is 4.74 Å². The molecule has 128 valence electrons. The lowest BCUT2D eigenvalue weighted by atomic mass is 10.1. The lowest BCUT2D eigenvalue weighted by Gasteiger charge is -2.08. The number of hydrogen-bond acceptors (Lipinski definition) is 4. The Bertz CT molecular complexity index is 770. The molecule has 0 aliphatic heterocycles. The molecule has 2 rings (SSSR count). The Morgan fingerprint density at radius 3 is 2.67 bits per heavy atom. The first-order chi connectivity index (χ1) is 11.1. The molecule has 5 nitrogen and oxygen atoms in total. The van der Waals surface area contributed by atoms with Crippen molar-refractivity contribution >= 4 is 23.8 Å². The van der Waals surface area contributed by atoms with Crippen molar-refractivity contribution in [3.63, 3.8) is 0 Å². The first-order valence-corrected chi connectivity index (χ1v) is 7.21. The van der Waals surface area contributed by atoms with Crippen molar-refractivity contribution in [2.45, 2.75) is 26.1 Å². The highest BCUT2D eigenvalue weighted by Crippen LogP contribution is 2.33. The number of esters is 1. The van der Waals surface area contributed by atoms with Gasteiger partial charge in [-0.15, -0.1) is 5.10 Å². The van der Waals surface area contributed by atoms with E-state index in [2.05, 4.69) is 10.1 Å². The molecule has 9 heteroatoms. The molecule has 0 aliphatic carbocycles. The van der Waals surface area contributed by atoms with Crippen LogP contribution in [0.3, 0.4) is 0 Å². The molecular weight excluding hydrogens is 347 g/mol. The average Bonchev–Trinajstić information content (AvgIpc) is 2.91. The van der Waals surface area contributed by atoms with Crippen LogP contribution in [0.2, 0.25) is 5.02 Å². The number of halogens is 4. The number of aromatic nitrogens is 3. The number of carbonyl (C=O) groups excluding carboxylic acids is 1. The van der Waals surface area contributed by atoms with E-state index in [1.54, 1.807) is 13.8 Å². The molecule has 0 atom stereocenters. The normalized spacial score (nSPS) is 12.1. The molecule has 1 aromatic carbocycles. The molecule has 1 aromatic heterocycles. The summed E-state index contributed by atoms with van der Waals surface area (Å²) in [6, 6.07) is 3.05. The van der Waals surface area contributed by atoms with E-state index < -0.39 is 17.7 Å².